The molecule has 60 heavy (non-hydrogen) atoms. The Morgan fingerprint density at radius 1 is 1.05 bits per heavy atom. The van der Waals surface area contributed by atoms with Gasteiger partial charge in [-0.05, 0) is 61.9 Å². The SMILES string of the molecule is CSc1c2sc(C3=C(C(=O)OCc4ccc([N+](=O)[O-])cc4)N4C(=O)[C@H]([C@@H](C)O)[C@H]4C3)c(C)n2c[n+]1CCCNC(=O)OCc1ccc([N+](=O)[O-])cc1.O=S(=O)([O-])C(F)(F)F. The van der Waals surface area contributed by atoms with Gasteiger partial charge in [0.1, 0.15) is 24.6 Å². The number of thiazole rings is 1. The minimum atomic E-state index is -6.09. The lowest BCUT2D eigenvalue weighted by Gasteiger charge is -2.44. The Morgan fingerprint density at radius 2 is 1.58 bits per heavy atom. The van der Waals surface area contributed by atoms with Crippen LogP contribution in [0.2, 0.25) is 0 Å². The number of nitro groups is 2. The van der Waals surface area contributed by atoms with Gasteiger partial charge < -0.3 is 29.3 Å². The van der Waals surface area contributed by atoms with E-state index in [2.05, 4.69) is 9.88 Å². The molecule has 2 aliphatic heterocycles. The number of β-lactam (4-membered cyclic amide) rings is 1. The number of benzene rings is 2. The van der Waals surface area contributed by atoms with E-state index in [9.17, 15) is 52.9 Å². The van der Waals surface area contributed by atoms with Gasteiger partial charge in [-0.3, -0.25) is 25.0 Å². The van der Waals surface area contributed by atoms with Crippen molar-refractivity contribution >= 4 is 73.0 Å². The molecule has 2 aromatic carbocycles. The first-order valence-corrected chi connectivity index (χ1v) is 21.0. The summed E-state index contributed by atoms with van der Waals surface area (Å²) in [6.45, 7) is 4.27. The van der Waals surface area contributed by atoms with Gasteiger partial charge in [-0.15, -0.1) is 0 Å². The number of nitrogens with zero attached hydrogens (tertiary/aromatic N) is 5. The van der Waals surface area contributed by atoms with Crippen LogP contribution in [0.25, 0.3) is 10.4 Å². The van der Waals surface area contributed by atoms with Gasteiger partial charge >= 0.3 is 17.6 Å². The number of nitro benzene ring substituents is 2. The van der Waals surface area contributed by atoms with Crippen LogP contribution in [0.1, 0.15) is 41.5 Å². The van der Waals surface area contributed by atoms with Crippen LogP contribution in [-0.4, -0.2) is 85.6 Å². The van der Waals surface area contributed by atoms with Crippen molar-refractivity contribution in [2.45, 2.75) is 69.1 Å². The average Bonchev–Trinajstić information content (AvgIpc) is 3.81. The van der Waals surface area contributed by atoms with Gasteiger partial charge in [-0.2, -0.15) is 17.6 Å². The van der Waals surface area contributed by atoms with Crippen LogP contribution in [0, 0.1) is 33.1 Å². The van der Waals surface area contributed by atoms with Crippen molar-refractivity contribution in [3.63, 3.8) is 0 Å². The number of aryl methyl sites for hydroxylation is 2. The second-order valence-corrected chi connectivity index (χ2v) is 16.4. The molecule has 0 unspecified atom stereocenters. The number of nitrogens with one attached hydrogen (secondary N) is 1. The topological polar surface area (TPSA) is 257 Å². The molecule has 0 aliphatic carbocycles. The Hall–Kier alpha value is -5.63. The summed E-state index contributed by atoms with van der Waals surface area (Å²) >= 11 is 3.04. The van der Waals surface area contributed by atoms with Crippen LogP contribution >= 0.6 is 23.1 Å². The van der Waals surface area contributed by atoms with Crippen LogP contribution in [0.3, 0.4) is 0 Å². The number of imidazole rings is 1. The summed E-state index contributed by atoms with van der Waals surface area (Å²) < 4.78 is 73.9. The lowest BCUT2D eigenvalue weighted by atomic mass is 9.83. The molecule has 0 saturated carbocycles. The van der Waals surface area contributed by atoms with E-state index in [4.69, 9.17) is 22.4 Å². The number of carbonyl (C=O) groups excluding carboxylic acids is 3. The molecule has 2 aromatic heterocycles. The molecule has 25 heteroatoms. The highest BCUT2D eigenvalue weighted by atomic mass is 32.2. The first-order valence-electron chi connectivity index (χ1n) is 17.5. The van der Waals surface area contributed by atoms with E-state index in [-0.39, 0.29) is 42.2 Å². The molecule has 4 heterocycles. The van der Waals surface area contributed by atoms with Crippen LogP contribution in [0.15, 0.2) is 65.6 Å². The van der Waals surface area contributed by atoms with Crippen molar-refractivity contribution in [1.29, 1.82) is 0 Å². The number of hydrogen-bond acceptors (Lipinski definition) is 15. The summed E-state index contributed by atoms with van der Waals surface area (Å²) in [7, 11) is -6.09. The maximum absolute atomic E-state index is 13.7. The molecule has 1 saturated heterocycles. The summed E-state index contributed by atoms with van der Waals surface area (Å²) in [6, 6.07) is 11.1. The molecule has 1 fully saturated rings. The fourth-order valence-corrected chi connectivity index (χ4v) is 8.72. The highest BCUT2D eigenvalue weighted by Crippen LogP contribution is 2.49. The number of rotatable bonds is 14. The van der Waals surface area contributed by atoms with Gasteiger partial charge in [0.05, 0.1) is 39.3 Å². The minimum absolute atomic E-state index is 0.0193. The molecule has 2 amide bonds. The molecule has 4 aromatic rings. The molecule has 0 spiro atoms. The molecule has 3 atom stereocenters. The van der Waals surface area contributed by atoms with E-state index in [0.29, 0.717) is 42.6 Å². The number of carbonyl (C=O) groups is 3. The zero-order valence-corrected chi connectivity index (χ0v) is 34.1. The van der Waals surface area contributed by atoms with Crippen molar-refractivity contribution in [3.05, 3.63) is 102 Å². The van der Waals surface area contributed by atoms with E-state index in [1.807, 2.05) is 23.9 Å². The van der Waals surface area contributed by atoms with E-state index in [0.717, 1.165) is 20.4 Å². The largest absolute Gasteiger partial charge is 0.741 e. The molecular weight excluding hydrogens is 866 g/mol. The third-order valence-electron chi connectivity index (χ3n) is 9.36. The zero-order valence-electron chi connectivity index (χ0n) is 31.6. The summed E-state index contributed by atoms with van der Waals surface area (Å²) in [5.74, 6) is -1.67. The number of aliphatic hydroxyl groups is 1. The predicted molar refractivity (Wildman–Crippen MR) is 204 cm³/mol. The second kappa shape index (κ2) is 18.3. The monoisotopic (exact) mass is 900 g/mol. The Bertz CT molecular complexity index is 2450. The van der Waals surface area contributed by atoms with Gasteiger partial charge in [-0.1, -0.05) is 23.1 Å². The van der Waals surface area contributed by atoms with Crippen molar-refractivity contribution < 1.29 is 69.5 Å². The highest BCUT2D eigenvalue weighted by molar-refractivity contribution is 7.98. The summed E-state index contributed by atoms with van der Waals surface area (Å²) in [6.07, 6.45) is 3.41. The fourth-order valence-electron chi connectivity index (χ4n) is 6.47. The predicted octanol–water partition coefficient (Wildman–Crippen LogP) is 4.57. The second-order valence-electron chi connectivity index (χ2n) is 13.3. The highest BCUT2D eigenvalue weighted by Gasteiger charge is 2.57. The molecule has 2 N–H and O–H groups in total. The minimum Gasteiger partial charge on any atom is -0.741 e. The number of fused-ring (bicyclic) bond motifs is 2. The number of aliphatic hydroxyl groups excluding tert-OH is 1. The van der Waals surface area contributed by atoms with Crippen LogP contribution in [0.5, 0.6) is 0 Å². The summed E-state index contributed by atoms with van der Waals surface area (Å²) in [4.78, 5) is 63.1. The number of alkyl carbamates (subject to hydrolysis) is 1. The molecule has 19 nitrogen and oxygen atoms in total. The lowest BCUT2D eigenvalue weighted by Crippen LogP contribution is -2.61. The molecule has 0 bridgehead atoms. The number of amides is 2. The van der Waals surface area contributed by atoms with Crippen molar-refractivity contribution in [3.8, 4) is 0 Å². The Labute approximate surface area is 346 Å². The number of halogens is 3. The van der Waals surface area contributed by atoms with E-state index in [1.54, 1.807) is 18.7 Å². The van der Waals surface area contributed by atoms with E-state index in [1.165, 1.54) is 64.8 Å². The quantitative estimate of drug-likeness (QED) is 0.0202. The average molecular weight is 901 g/mol. The summed E-state index contributed by atoms with van der Waals surface area (Å²) in [5.41, 5.74) is -2.92. The van der Waals surface area contributed by atoms with Crippen LogP contribution in [0.4, 0.5) is 29.3 Å². The number of aromatic nitrogens is 2. The van der Waals surface area contributed by atoms with Gasteiger partial charge in [0, 0.05) is 42.8 Å². The number of thioether (sulfide) groups is 1. The fraction of sp³-hybridized carbons (Fsp3) is 0.371. The van der Waals surface area contributed by atoms with Crippen molar-refractivity contribution in [2.75, 3.05) is 12.8 Å². The molecular formula is C35H35F3N6O13S3. The first-order chi connectivity index (χ1) is 28.1. The number of hydrogen-bond donors (Lipinski definition) is 2. The van der Waals surface area contributed by atoms with E-state index >= 15 is 0 Å². The van der Waals surface area contributed by atoms with Crippen molar-refractivity contribution in [2.24, 2.45) is 5.92 Å². The standard InChI is InChI=1S/C34H34N6O10S2.CHF3O3S/c1-19-29(25-15-26-27(20(2)41)30(42)38(26)28(25)33(43)49-16-21-5-9-23(10-6-21)39(45)46)52-32-31(51-3)36(18-37(19)32)14-4-13-35-34(44)50-17-22-7-11-24(12-8-22)40(47)48;2-1(3,4)8(5,6)7/h5-12,18,20,26-27,41H,4,13-17H2,1-3H3;(H,5,6,7)/t20-,26-,27-;/m1./s1. The van der Waals surface area contributed by atoms with Crippen LogP contribution in [-0.2, 0) is 48.9 Å². The number of ether oxygens (including phenoxy) is 2. The number of alkyl halides is 3. The Balaban J connectivity index is 0.000000774. The maximum Gasteiger partial charge on any atom is 0.485 e. The third kappa shape index (κ3) is 9.86. The maximum atomic E-state index is 13.7. The van der Waals surface area contributed by atoms with E-state index < -0.39 is 49.6 Å². The lowest BCUT2D eigenvalue weighted by molar-refractivity contribution is -0.729. The van der Waals surface area contributed by atoms with Gasteiger partial charge in [0.15, 0.2) is 10.1 Å². The normalized spacial score (nSPS) is 16.7. The van der Waals surface area contributed by atoms with Gasteiger partial charge in [0.25, 0.3) is 17.7 Å². The Kier molecular flexibility index (Phi) is 13.9. The van der Waals surface area contributed by atoms with Gasteiger partial charge in [-0.25, -0.2) is 22.6 Å². The molecule has 2 aliphatic rings. The van der Waals surface area contributed by atoms with Gasteiger partial charge in [0.2, 0.25) is 15.8 Å². The molecule has 0 radical (unpaired) electrons. The molecule has 322 valence electrons. The smallest absolute Gasteiger partial charge is 0.485 e. The Morgan fingerprint density at radius 3 is 2.07 bits per heavy atom. The number of esters is 1. The zero-order chi connectivity index (χ0) is 44.3. The molecule has 6 rings (SSSR count). The van der Waals surface area contributed by atoms with Crippen molar-refractivity contribution in [1.82, 2.24) is 14.6 Å². The first kappa shape index (κ1) is 45.5. The number of non-ortho nitro benzene ring substituents is 2. The summed E-state index contributed by atoms with van der Waals surface area (Å²) in [5, 5.41) is 35.9. The van der Waals surface area contributed by atoms with Crippen LogP contribution < -0.4 is 9.88 Å². The third-order valence-corrected chi connectivity index (χ3v) is 12.2.